The monoisotopic (exact) mass is 261 g/mol. The largest absolute Gasteiger partial charge is 0.378 e. The number of piperazine rings is 1. The van der Waals surface area contributed by atoms with E-state index in [0.717, 1.165) is 39.4 Å². The Kier molecular flexibility index (Phi) is 3.48. The van der Waals surface area contributed by atoms with E-state index >= 15 is 0 Å². The number of anilines is 1. The van der Waals surface area contributed by atoms with E-state index < -0.39 is 0 Å². The van der Waals surface area contributed by atoms with Crippen molar-refractivity contribution in [3.8, 4) is 0 Å². The quantitative estimate of drug-likeness (QED) is 0.874. The summed E-state index contributed by atoms with van der Waals surface area (Å²) in [4.78, 5) is 4.72. The maximum Gasteiger partial charge on any atom is 0.0934 e. The highest BCUT2D eigenvalue weighted by Crippen LogP contribution is 2.36. The lowest BCUT2D eigenvalue weighted by molar-refractivity contribution is -0.149. The molecule has 1 N–H and O–H groups in total. The fraction of sp³-hybridized carbons (Fsp3) is 0.600. The van der Waals surface area contributed by atoms with Gasteiger partial charge in [0.2, 0.25) is 0 Å². The van der Waals surface area contributed by atoms with Crippen LogP contribution in [0.25, 0.3) is 0 Å². The molecule has 0 spiro atoms. The molecule has 19 heavy (non-hydrogen) atoms. The van der Waals surface area contributed by atoms with Crippen molar-refractivity contribution in [3.05, 3.63) is 29.8 Å². The fourth-order valence-electron chi connectivity index (χ4n) is 2.99. The molecule has 1 aromatic rings. The predicted molar refractivity (Wildman–Crippen MR) is 77.7 cm³/mol. The Morgan fingerprint density at radius 2 is 1.74 bits per heavy atom. The molecule has 2 fully saturated rings. The molecule has 0 radical (unpaired) electrons. The van der Waals surface area contributed by atoms with Gasteiger partial charge in [-0.25, -0.2) is 0 Å². The normalized spacial score (nSPS) is 22.8. The van der Waals surface area contributed by atoms with Crippen LogP contribution >= 0.6 is 0 Å². The smallest absolute Gasteiger partial charge is 0.0934 e. The van der Waals surface area contributed by atoms with Crippen molar-refractivity contribution >= 4 is 5.69 Å². The Hall–Kier alpha value is -1.10. The van der Waals surface area contributed by atoms with Gasteiger partial charge in [0.1, 0.15) is 0 Å². The second kappa shape index (κ2) is 5.12. The standard InChI is InChI=1S/C15H23N3O/c1-17(2)14-5-3-13(4-6-14)15(11-19-12-15)18-9-7-16-8-10-18/h3-6,16H,7-12H2,1-2H3. The SMILES string of the molecule is CN(C)c1ccc(C2(N3CCNCC3)COC2)cc1. The lowest BCUT2D eigenvalue weighted by atomic mass is 9.85. The van der Waals surface area contributed by atoms with Gasteiger partial charge in [-0.05, 0) is 17.7 Å². The molecule has 0 bridgehead atoms. The Bertz CT molecular complexity index is 420. The maximum absolute atomic E-state index is 5.55. The molecular weight excluding hydrogens is 238 g/mol. The van der Waals surface area contributed by atoms with Crippen LogP contribution in [-0.2, 0) is 10.3 Å². The van der Waals surface area contributed by atoms with Crippen molar-refractivity contribution in [1.29, 1.82) is 0 Å². The van der Waals surface area contributed by atoms with Gasteiger partial charge in [-0.3, -0.25) is 4.90 Å². The van der Waals surface area contributed by atoms with Crippen molar-refractivity contribution < 1.29 is 4.74 Å². The summed E-state index contributed by atoms with van der Waals surface area (Å²) < 4.78 is 5.55. The van der Waals surface area contributed by atoms with E-state index in [1.807, 2.05) is 0 Å². The molecule has 0 atom stereocenters. The minimum Gasteiger partial charge on any atom is -0.378 e. The molecule has 0 aliphatic carbocycles. The van der Waals surface area contributed by atoms with Crippen molar-refractivity contribution in [3.63, 3.8) is 0 Å². The number of ether oxygens (including phenoxy) is 1. The number of hydrogen-bond donors (Lipinski definition) is 1. The average Bonchev–Trinajstić information content (AvgIpc) is 2.39. The van der Waals surface area contributed by atoms with E-state index in [2.05, 4.69) is 53.5 Å². The second-order valence-corrected chi connectivity index (χ2v) is 5.70. The Morgan fingerprint density at radius 1 is 1.11 bits per heavy atom. The van der Waals surface area contributed by atoms with E-state index in [1.165, 1.54) is 11.3 Å². The minimum atomic E-state index is 0.118. The van der Waals surface area contributed by atoms with Gasteiger partial charge in [-0.2, -0.15) is 0 Å². The van der Waals surface area contributed by atoms with Crippen molar-refractivity contribution in [2.75, 3.05) is 58.4 Å². The second-order valence-electron chi connectivity index (χ2n) is 5.70. The molecule has 3 rings (SSSR count). The number of benzene rings is 1. The van der Waals surface area contributed by atoms with Gasteiger partial charge in [0.05, 0.1) is 18.8 Å². The fourth-order valence-corrected chi connectivity index (χ4v) is 2.99. The third kappa shape index (κ3) is 2.24. The van der Waals surface area contributed by atoms with Crippen LogP contribution in [0.15, 0.2) is 24.3 Å². The first-order valence-electron chi connectivity index (χ1n) is 7.04. The topological polar surface area (TPSA) is 27.7 Å². The van der Waals surface area contributed by atoms with Crippen LogP contribution < -0.4 is 10.2 Å². The zero-order chi connectivity index (χ0) is 13.3. The highest BCUT2D eigenvalue weighted by Gasteiger charge is 2.45. The summed E-state index contributed by atoms with van der Waals surface area (Å²) in [6.07, 6.45) is 0. The molecule has 4 nitrogen and oxygen atoms in total. The third-order valence-electron chi connectivity index (χ3n) is 4.33. The van der Waals surface area contributed by atoms with Crippen LogP contribution in [0.2, 0.25) is 0 Å². The zero-order valence-electron chi connectivity index (χ0n) is 11.9. The van der Waals surface area contributed by atoms with Crippen molar-refractivity contribution in [1.82, 2.24) is 10.2 Å². The summed E-state index contributed by atoms with van der Waals surface area (Å²) in [6, 6.07) is 8.94. The molecule has 0 unspecified atom stereocenters. The number of nitrogens with zero attached hydrogens (tertiary/aromatic N) is 2. The summed E-state index contributed by atoms with van der Waals surface area (Å²) in [7, 11) is 4.15. The molecule has 4 heteroatoms. The van der Waals surface area contributed by atoms with Crippen molar-refractivity contribution in [2.24, 2.45) is 0 Å². The maximum atomic E-state index is 5.55. The highest BCUT2D eigenvalue weighted by atomic mass is 16.5. The van der Waals surface area contributed by atoms with Gasteiger partial charge in [-0.1, -0.05) is 12.1 Å². The Labute approximate surface area is 115 Å². The van der Waals surface area contributed by atoms with E-state index in [4.69, 9.17) is 4.74 Å². The van der Waals surface area contributed by atoms with Crippen LogP contribution in [0, 0.1) is 0 Å². The highest BCUT2D eigenvalue weighted by molar-refractivity contribution is 5.47. The molecule has 0 aromatic heterocycles. The molecule has 2 saturated heterocycles. The molecule has 0 amide bonds. The van der Waals surface area contributed by atoms with Crippen LogP contribution in [0.4, 0.5) is 5.69 Å². The number of hydrogen-bond acceptors (Lipinski definition) is 4. The first kappa shape index (κ1) is 12.9. The summed E-state index contributed by atoms with van der Waals surface area (Å²) in [5.41, 5.74) is 2.76. The van der Waals surface area contributed by atoms with Gasteiger partial charge >= 0.3 is 0 Å². The van der Waals surface area contributed by atoms with Gasteiger partial charge in [0, 0.05) is 46.0 Å². The zero-order valence-corrected chi connectivity index (χ0v) is 11.9. The van der Waals surface area contributed by atoms with Gasteiger partial charge < -0.3 is 15.0 Å². The molecule has 0 saturated carbocycles. The minimum absolute atomic E-state index is 0.118. The van der Waals surface area contributed by atoms with Gasteiger partial charge in [0.25, 0.3) is 0 Å². The Balaban J connectivity index is 1.84. The van der Waals surface area contributed by atoms with Gasteiger partial charge in [-0.15, -0.1) is 0 Å². The third-order valence-corrected chi connectivity index (χ3v) is 4.33. The summed E-state index contributed by atoms with van der Waals surface area (Å²) in [5.74, 6) is 0. The molecule has 1 aromatic carbocycles. The summed E-state index contributed by atoms with van der Waals surface area (Å²) in [6.45, 7) is 6.04. The van der Waals surface area contributed by atoms with Crippen LogP contribution in [0.1, 0.15) is 5.56 Å². The molecule has 2 aliphatic heterocycles. The Morgan fingerprint density at radius 3 is 2.21 bits per heavy atom. The predicted octanol–water partition coefficient (Wildman–Crippen LogP) is 0.883. The molecular formula is C15H23N3O. The van der Waals surface area contributed by atoms with Crippen LogP contribution in [0.5, 0.6) is 0 Å². The summed E-state index contributed by atoms with van der Waals surface area (Å²) in [5, 5.41) is 3.42. The van der Waals surface area contributed by atoms with E-state index in [0.29, 0.717) is 0 Å². The lowest BCUT2D eigenvalue weighted by Gasteiger charge is -2.51. The van der Waals surface area contributed by atoms with E-state index in [-0.39, 0.29) is 5.54 Å². The number of rotatable bonds is 3. The van der Waals surface area contributed by atoms with Crippen LogP contribution in [0.3, 0.4) is 0 Å². The van der Waals surface area contributed by atoms with Crippen LogP contribution in [-0.4, -0.2) is 58.4 Å². The van der Waals surface area contributed by atoms with Crippen molar-refractivity contribution in [2.45, 2.75) is 5.54 Å². The van der Waals surface area contributed by atoms with Gasteiger partial charge in [0.15, 0.2) is 0 Å². The first-order chi connectivity index (χ1) is 9.22. The average molecular weight is 261 g/mol. The summed E-state index contributed by atoms with van der Waals surface area (Å²) >= 11 is 0. The number of nitrogens with one attached hydrogen (secondary N) is 1. The van der Waals surface area contributed by atoms with E-state index in [1.54, 1.807) is 0 Å². The van der Waals surface area contributed by atoms with E-state index in [9.17, 15) is 0 Å². The first-order valence-corrected chi connectivity index (χ1v) is 7.04. The molecule has 2 heterocycles. The molecule has 104 valence electrons. The molecule has 2 aliphatic rings. The lowest BCUT2D eigenvalue weighted by Crippen LogP contribution is -2.63.